The minimum atomic E-state index is 0.821. The van der Waals surface area contributed by atoms with E-state index in [-0.39, 0.29) is 0 Å². The van der Waals surface area contributed by atoms with Gasteiger partial charge in [0.1, 0.15) is 0 Å². The lowest BCUT2D eigenvalue weighted by Gasteiger charge is -2.23. The van der Waals surface area contributed by atoms with Crippen molar-refractivity contribution in [1.29, 1.82) is 0 Å². The fourth-order valence-electron chi connectivity index (χ4n) is 2.75. The second-order valence-electron chi connectivity index (χ2n) is 5.18. The first-order chi connectivity index (χ1) is 8.20. The smallest absolute Gasteiger partial charge is 0.0296 e. The van der Waals surface area contributed by atoms with Crippen molar-refractivity contribution >= 4 is 11.3 Å². The number of hydrogen-bond acceptors (Lipinski definition) is 3. The Hall–Kier alpha value is -0.380. The third-order valence-corrected chi connectivity index (χ3v) is 4.88. The number of hydrogen-bond donors (Lipinski definition) is 1. The topological polar surface area (TPSA) is 15.3 Å². The Morgan fingerprint density at radius 2 is 2.12 bits per heavy atom. The molecule has 0 atom stereocenters. The molecule has 0 saturated heterocycles. The number of thiophene rings is 1. The van der Waals surface area contributed by atoms with Crippen molar-refractivity contribution in [1.82, 2.24) is 10.2 Å². The molecule has 1 fully saturated rings. The van der Waals surface area contributed by atoms with Crippen LogP contribution >= 0.6 is 11.3 Å². The zero-order chi connectivity index (χ0) is 12.3. The summed E-state index contributed by atoms with van der Waals surface area (Å²) in [4.78, 5) is 5.49. The first kappa shape index (κ1) is 13.1. The zero-order valence-electron chi connectivity index (χ0n) is 11.3. The van der Waals surface area contributed by atoms with Gasteiger partial charge in [0.15, 0.2) is 0 Å². The number of aryl methyl sites for hydroxylation is 1. The Bertz CT molecular complexity index is 353. The van der Waals surface area contributed by atoms with Gasteiger partial charge in [0.25, 0.3) is 0 Å². The summed E-state index contributed by atoms with van der Waals surface area (Å²) in [5, 5.41) is 3.23. The Balaban J connectivity index is 1.97. The predicted octanol–water partition coefficient (Wildman–Crippen LogP) is 3.15. The van der Waals surface area contributed by atoms with Crippen molar-refractivity contribution in [3.8, 4) is 0 Å². The van der Waals surface area contributed by atoms with E-state index in [0.717, 1.165) is 19.1 Å². The van der Waals surface area contributed by atoms with Crippen LogP contribution in [0.2, 0.25) is 0 Å². The molecule has 96 valence electrons. The molecule has 1 saturated carbocycles. The van der Waals surface area contributed by atoms with Gasteiger partial charge in [-0.3, -0.25) is 4.90 Å². The summed E-state index contributed by atoms with van der Waals surface area (Å²) in [6, 6.07) is 3.20. The van der Waals surface area contributed by atoms with E-state index in [0.29, 0.717) is 0 Å². The number of nitrogens with one attached hydrogen (secondary N) is 1. The SMILES string of the molecule is CNCc1cc(CN(C)C2CCCC2)c(C)s1. The van der Waals surface area contributed by atoms with Gasteiger partial charge in [-0.1, -0.05) is 12.8 Å². The highest BCUT2D eigenvalue weighted by molar-refractivity contribution is 7.12. The van der Waals surface area contributed by atoms with Crippen LogP contribution in [0.15, 0.2) is 6.07 Å². The van der Waals surface area contributed by atoms with Crippen LogP contribution in [0.5, 0.6) is 0 Å². The summed E-state index contributed by atoms with van der Waals surface area (Å²) in [5.41, 5.74) is 1.52. The highest BCUT2D eigenvalue weighted by atomic mass is 32.1. The summed E-state index contributed by atoms with van der Waals surface area (Å²) in [5.74, 6) is 0. The van der Waals surface area contributed by atoms with Gasteiger partial charge >= 0.3 is 0 Å². The molecule has 2 nitrogen and oxygen atoms in total. The largest absolute Gasteiger partial charge is 0.315 e. The van der Waals surface area contributed by atoms with Crippen molar-refractivity contribution in [3.05, 3.63) is 21.4 Å². The maximum Gasteiger partial charge on any atom is 0.0296 e. The van der Waals surface area contributed by atoms with Crippen molar-refractivity contribution in [2.24, 2.45) is 0 Å². The molecule has 0 radical (unpaired) electrons. The number of rotatable bonds is 5. The van der Waals surface area contributed by atoms with Crippen LogP contribution in [0.4, 0.5) is 0 Å². The van der Waals surface area contributed by atoms with Crippen LogP contribution in [0.3, 0.4) is 0 Å². The molecule has 1 aliphatic rings. The maximum absolute atomic E-state index is 3.23. The Kier molecular flexibility index (Phi) is 4.60. The minimum absolute atomic E-state index is 0.821. The summed E-state index contributed by atoms with van der Waals surface area (Å²) in [7, 11) is 4.30. The van der Waals surface area contributed by atoms with E-state index in [2.05, 4.69) is 30.3 Å². The fraction of sp³-hybridized carbons (Fsp3) is 0.714. The van der Waals surface area contributed by atoms with Gasteiger partial charge in [-0.05, 0) is 45.5 Å². The first-order valence-electron chi connectivity index (χ1n) is 6.63. The summed E-state index contributed by atoms with van der Waals surface area (Å²) >= 11 is 1.93. The Morgan fingerprint density at radius 3 is 2.76 bits per heavy atom. The molecule has 1 aromatic rings. The molecule has 0 bridgehead atoms. The summed E-state index contributed by atoms with van der Waals surface area (Å²) in [6.45, 7) is 4.37. The fourth-order valence-corrected chi connectivity index (χ4v) is 3.81. The van der Waals surface area contributed by atoms with Gasteiger partial charge in [-0.15, -0.1) is 11.3 Å². The standard InChI is InChI=1S/C14H24N2S/c1-11-12(8-14(17-11)9-15-2)10-16(3)13-6-4-5-7-13/h8,13,15H,4-7,9-10H2,1-3H3. The molecular formula is C14H24N2S. The van der Waals surface area contributed by atoms with Crippen LogP contribution in [-0.4, -0.2) is 25.0 Å². The van der Waals surface area contributed by atoms with Gasteiger partial charge < -0.3 is 5.32 Å². The molecule has 1 aromatic heterocycles. The van der Waals surface area contributed by atoms with Crippen molar-refractivity contribution in [3.63, 3.8) is 0 Å². The lowest BCUT2D eigenvalue weighted by atomic mass is 10.2. The maximum atomic E-state index is 3.23. The molecule has 0 aromatic carbocycles. The quantitative estimate of drug-likeness (QED) is 0.866. The van der Waals surface area contributed by atoms with Gasteiger partial charge in [-0.25, -0.2) is 0 Å². The molecule has 0 aliphatic heterocycles. The van der Waals surface area contributed by atoms with E-state index in [1.54, 1.807) is 0 Å². The van der Waals surface area contributed by atoms with Crippen molar-refractivity contribution in [2.75, 3.05) is 14.1 Å². The van der Waals surface area contributed by atoms with Crippen LogP contribution < -0.4 is 5.32 Å². The van der Waals surface area contributed by atoms with E-state index in [4.69, 9.17) is 0 Å². The van der Waals surface area contributed by atoms with E-state index in [9.17, 15) is 0 Å². The van der Waals surface area contributed by atoms with E-state index >= 15 is 0 Å². The van der Waals surface area contributed by atoms with E-state index in [1.807, 2.05) is 18.4 Å². The monoisotopic (exact) mass is 252 g/mol. The predicted molar refractivity (Wildman–Crippen MR) is 75.5 cm³/mol. The second-order valence-corrected chi connectivity index (χ2v) is 6.52. The molecule has 0 spiro atoms. The lowest BCUT2D eigenvalue weighted by molar-refractivity contribution is 0.237. The molecule has 17 heavy (non-hydrogen) atoms. The second kappa shape index (κ2) is 5.98. The van der Waals surface area contributed by atoms with E-state index in [1.165, 1.54) is 41.0 Å². The summed E-state index contributed by atoms with van der Waals surface area (Å²) < 4.78 is 0. The van der Waals surface area contributed by atoms with Gasteiger partial charge in [0.2, 0.25) is 0 Å². The molecule has 2 rings (SSSR count). The highest BCUT2D eigenvalue weighted by Gasteiger charge is 2.20. The molecule has 0 unspecified atom stereocenters. The lowest BCUT2D eigenvalue weighted by Crippen LogP contribution is -2.28. The summed E-state index contributed by atoms with van der Waals surface area (Å²) in [6.07, 6.45) is 5.62. The molecule has 1 aliphatic carbocycles. The van der Waals surface area contributed by atoms with Crippen LogP contribution in [0.1, 0.15) is 41.0 Å². The molecule has 1 N–H and O–H groups in total. The third-order valence-electron chi connectivity index (χ3n) is 3.79. The van der Waals surface area contributed by atoms with Crippen molar-refractivity contribution in [2.45, 2.75) is 51.7 Å². The normalized spacial score (nSPS) is 17.2. The Labute approximate surface area is 109 Å². The highest BCUT2D eigenvalue weighted by Crippen LogP contribution is 2.27. The van der Waals surface area contributed by atoms with Crippen LogP contribution in [-0.2, 0) is 13.1 Å². The average Bonchev–Trinajstić information content (AvgIpc) is 2.90. The minimum Gasteiger partial charge on any atom is -0.315 e. The Morgan fingerprint density at radius 1 is 1.41 bits per heavy atom. The molecule has 1 heterocycles. The van der Waals surface area contributed by atoms with Gasteiger partial charge in [-0.2, -0.15) is 0 Å². The average molecular weight is 252 g/mol. The van der Waals surface area contributed by atoms with Gasteiger partial charge in [0, 0.05) is 28.9 Å². The van der Waals surface area contributed by atoms with Crippen molar-refractivity contribution < 1.29 is 0 Å². The third kappa shape index (κ3) is 3.30. The zero-order valence-corrected chi connectivity index (χ0v) is 12.1. The number of nitrogens with zero attached hydrogens (tertiary/aromatic N) is 1. The van der Waals surface area contributed by atoms with Gasteiger partial charge in [0.05, 0.1) is 0 Å². The molecule has 3 heteroatoms. The van der Waals surface area contributed by atoms with Crippen LogP contribution in [0, 0.1) is 6.92 Å². The first-order valence-corrected chi connectivity index (χ1v) is 7.45. The van der Waals surface area contributed by atoms with E-state index < -0.39 is 0 Å². The molecular weight excluding hydrogens is 228 g/mol. The van der Waals surface area contributed by atoms with Crippen LogP contribution in [0.25, 0.3) is 0 Å². The molecule has 0 amide bonds.